The molecule has 4 fully saturated rings. The van der Waals surface area contributed by atoms with Gasteiger partial charge in [-0.1, -0.05) is 18.2 Å². The Bertz CT molecular complexity index is 2120. The predicted octanol–water partition coefficient (Wildman–Crippen LogP) is 5.59. The lowest BCUT2D eigenvalue weighted by atomic mass is 9.91. The topological polar surface area (TPSA) is 142 Å². The maximum atomic E-state index is 17.5. The van der Waals surface area contributed by atoms with Crippen LogP contribution in [0.2, 0.25) is 0 Å². The van der Waals surface area contributed by atoms with E-state index in [1.165, 1.54) is 4.90 Å². The van der Waals surface area contributed by atoms with Gasteiger partial charge in [0.15, 0.2) is 5.82 Å². The largest absolute Gasteiger partial charge is 0.461 e. The highest BCUT2D eigenvalue weighted by molar-refractivity contribution is 6.02. The minimum Gasteiger partial charge on any atom is -0.461 e. The molecule has 2 amide bonds. The summed E-state index contributed by atoms with van der Waals surface area (Å²) in [5.74, 6) is 0.0854. The summed E-state index contributed by atoms with van der Waals surface area (Å²) in [4.78, 5) is 46.8. The van der Waals surface area contributed by atoms with Crippen LogP contribution in [0.3, 0.4) is 0 Å². The predicted molar refractivity (Wildman–Crippen MR) is 199 cm³/mol. The number of benzene rings is 2. The smallest absolute Gasteiger partial charge is 0.415 e. The van der Waals surface area contributed by atoms with Crippen molar-refractivity contribution in [3.05, 3.63) is 47.9 Å². The van der Waals surface area contributed by atoms with Crippen molar-refractivity contribution in [1.29, 1.82) is 0 Å². The van der Waals surface area contributed by atoms with E-state index < -0.39 is 29.6 Å². The highest BCUT2D eigenvalue weighted by Gasteiger charge is 2.45. The molecule has 13 nitrogen and oxygen atoms in total. The molecule has 54 heavy (non-hydrogen) atoms. The van der Waals surface area contributed by atoms with Crippen molar-refractivity contribution in [2.45, 2.75) is 81.9 Å². The number of carbonyl (C=O) groups excluding carboxylic acids is 2. The van der Waals surface area contributed by atoms with E-state index >= 15 is 4.39 Å². The van der Waals surface area contributed by atoms with Crippen LogP contribution in [0.4, 0.5) is 19.8 Å². The van der Waals surface area contributed by atoms with Crippen molar-refractivity contribution in [1.82, 2.24) is 30.1 Å². The number of β-amino-alcohol motifs (C(OH)–C–C–N with tert-alkyl or cyclic N) is 1. The molecule has 8 heterocycles. The Morgan fingerprint density at radius 2 is 1.93 bits per heavy atom. The number of carbonyl (C=O) groups is 2. The van der Waals surface area contributed by atoms with Gasteiger partial charge < -0.3 is 34.4 Å². The molecule has 0 radical (unpaired) electrons. The number of anilines is 1. The Hall–Kier alpha value is -4.82. The number of alkyl carbamates (subject to hydrolysis) is 1. The van der Waals surface area contributed by atoms with E-state index in [4.69, 9.17) is 29.2 Å². The first-order valence-electron chi connectivity index (χ1n) is 19.3. The normalized spacial score (nSPS) is 24.1. The number of likely N-dealkylation sites (tertiary alicyclic amines) is 1. The Morgan fingerprint density at radius 3 is 2.74 bits per heavy atom. The van der Waals surface area contributed by atoms with Crippen LogP contribution in [0.25, 0.3) is 32.9 Å². The lowest BCUT2D eigenvalue weighted by molar-refractivity contribution is 0.107. The Balaban J connectivity index is 1.20. The van der Waals surface area contributed by atoms with Gasteiger partial charge in [-0.2, -0.15) is 9.97 Å². The molecule has 0 saturated carbocycles. The Kier molecular flexibility index (Phi) is 8.92. The molecule has 14 heteroatoms. The second-order valence-corrected chi connectivity index (χ2v) is 15.9. The van der Waals surface area contributed by atoms with Gasteiger partial charge in [0.25, 0.3) is 0 Å². The molecular formula is C40H46FN7O6. The van der Waals surface area contributed by atoms with E-state index in [2.05, 4.69) is 15.1 Å². The fraction of sp³-hybridized carbons (Fsp3) is 0.525. The summed E-state index contributed by atoms with van der Waals surface area (Å²) < 4.78 is 35.5. The van der Waals surface area contributed by atoms with E-state index in [9.17, 15) is 14.7 Å². The molecule has 2 aromatic carbocycles. The van der Waals surface area contributed by atoms with Gasteiger partial charge in [0.2, 0.25) is 0 Å². The Morgan fingerprint density at radius 1 is 1.09 bits per heavy atom. The zero-order valence-electron chi connectivity index (χ0n) is 30.6. The molecule has 4 saturated heterocycles. The average molecular weight is 740 g/mol. The molecule has 0 aliphatic carbocycles. The van der Waals surface area contributed by atoms with E-state index in [0.29, 0.717) is 62.3 Å². The van der Waals surface area contributed by atoms with Crippen molar-refractivity contribution in [3.8, 4) is 23.0 Å². The van der Waals surface area contributed by atoms with Gasteiger partial charge in [0.1, 0.15) is 29.4 Å². The van der Waals surface area contributed by atoms with Crippen molar-refractivity contribution in [3.63, 3.8) is 0 Å². The first-order chi connectivity index (χ1) is 26.2. The van der Waals surface area contributed by atoms with Gasteiger partial charge in [-0.05, 0) is 106 Å². The number of pyridine rings is 1. The number of hydrogen-bond acceptors (Lipinski definition) is 11. The quantitative estimate of drug-likeness (QED) is 0.271. The molecule has 6 aliphatic rings. The second-order valence-electron chi connectivity index (χ2n) is 15.9. The lowest BCUT2D eigenvalue weighted by Crippen LogP contribution is -2.57. The number of nitrogens with one attached hydrogen (secondary N) is 1. The van der Waals surface area contributed by atoms with Crippen LogP contribution >= 0.6 is 0 Å². The number of hydrogen-bond donors (Lipinski definition) is 2. The van der Waals surface area contributed by atoms with E-state index in [-0.39, 0.29) is 41.7 Å². The summed E-state index contributed by atoms with van der Waals surface area (Å²) in [5.41, 5.74) is 0.785. The molecular weight excluding hydrogens is 693 g/mol. The number of aliphatic hydroxyl groups is 1. The summed E-state index contributed by atoms with van der Waals surface area (Å²) in [7, 11) is 0. The van der Waals surface area contributed by atoms with Crippen molar-refractivity contribution < 1.29 is 33.3 Å². The van der Waals surface area contributed by atoms with Gasteiger partial charge >= 0.3 is 18.2 Å². The van der Waals surface area contributed by atoms with Crippen molar-refractivity contribution in [2.75, 3.05) is 57.4 Å². The van der Waals surface area contributed by atoms with E-state index in [1.807, 2.05) is 25.1 Å². The summed E-state index contributed by atoms with van der Waals surface area (Å²) in [6, 6.07) is 9.26. The molecule has 4 aromatic rings. The first-order valence-corrected chi connectivity index (χ1v) is 19.3. The minimum atomic E-state index is -0.634. The number of piperidine rings is 1. The summed E-state index contributed by atoms with van der Waals surface area (Å²) in [6.07, 6.45) is 7.30. The molecule has 10 rings (SSSR count). The third-order valence-electron chi connectivity index (χ3n) is 12.1. The van der Waals surface area contributed by atoms with Gasteiger partial charge in [-0.15, -0.1) is 0 Å². The fourth-order valence-corrected chi connectivity index (χ4v) is 9.41. The second kappa shape index (κ2) is 13.8. The molecule has 2 N–H and O–H groups in total. The number of amides is 2. The zero-order valence-corrected chi connectivity index (χ0v) is 30.6. The molecule has 6 aliphatic heterocycles. The Labute approximate surface area is 312 Å². The minimum absolute atomic E-state index is 0.0577. The van der Waals surface area contributed by atoms with Crippen LogP contribution in [0.5, 0.6) is 11.8 Å². The number of aryl methyl sites for hydroxylation is 1. The van der Waals surface area contributed by atoms with Crippen LogP contribution in [0.1, 0.15) is 63.9 Å². The average Bonchev–Trinajstić information content (AvgIpc) is 3.88. The number of ether oxygens (including phenoxy) is 3. The van der Waals surface area contributed by atoms with Crippen LogP contribution in [0, 0.1) is 5.82 Å². The van der Waals surface area contributed by atoms with Gasteiger partial charge in [0, 0.05) is 37.9 Å². The van der Waals surface area contributed by atoms with E-state index in [0.717, 1.165) is 68.0 Å². The number of aliphatic hydroxyl groups excluding tert-OH is 1. The highest BCUT2D eigenvalue weighted by Crippen LogP contribution is 2.42. The van der Waals surface area contributed by atoms with Crippen LogP contribution in [0.15, 0.2) is 36.5 Å². The summed E-state index contributed by atoms with van der Waals surface area (Å²) in [5, 5.41) is 15.0. The standard InChI is InChI=1S/C40H46FN7O6/c1-39-11-4-14-47(23-39)35-30-21-42-33(32(41)34(30)43-36(44-35)53-24-40-12-5-15-48(40)16-6-13-40)29-20-28(54-38(51)46-17-10-27(49)22-46)19-26-8-2-7-25(31(26)29)9-3-18-52-37(50)45-39/h2,7-8,19-21,27,49H,3-6,9-18,22-24H2,1H3,(H,45,50). The highest BCUT2D eigenvalue weighted by atomic mass is 19.1. The van der Waals surface area contributed by atoms with Crippen LogP contribution in [-0.4, -0.2) is 112 Å². The third-order valence-corrected chi connectivity index (χ3v) is 12.1. The summed E-state index contributed by atoms with van der Waals surface area (Å²) in [6.45, 7) is 6.31. The number of aromatic nitrogens is 3. The fourth-order valence-electron chi connectivity index (χ4n) is 9.41. The van der Waals surface area contributed by atoms with Gasteiger partial charge in [0.05, 0.1) is 29.2 Å². The summed E-state index contributed by atoms with van der Waals surface area (Å²) >= 11 is 0. The van der Waals surface area contributed by atoms with Crippen LogP contribution < -0.4 is 19.7 Å². The van der Waals surface area contributed by atoms with Gasteiger partial charge in [-0.3, -0.25) is 9.88 Å². The molecule has 6 bridgehead atoms. The molecule has 2 atom stereocenters. The van der Waals surface area contributed by atoms with Crippen molar-refractivity contribution in [2.24, 2.45) is 0 Å². The molecule has 284 valence electrons. The molecule has 2 unspecified atom stereocenters. The monoisotopic (exact) mass is 739 g/mol. The SMILES string of the molecule is CC12CCCN(C1)c1nc(OCC34CCCN3CCC4)nc3c(F)c(ncc13)-c1cc(OC(=O)N3CCC(O)C3)cc3cccc(c13)CCCOC(=O)N2. The number of rotatable bonds is 4. The number of nitrogens with zero attached hydrogens (tertiary/aromatic N) is 6. The molecule has 0 spiro atoms. The number of fused-ring (bicyclic) bond motifs is 7. The van der Waals surface area contributed by atoms with Crippen LogP contribution in [-0.2, 0) is 11.2 Å². The maximum Gasteiger partial charge on any atom is 0.415 e. The lowest BCUT2D eigenvalue weighted by Gasteiger charge is -2.41. The van der Waals surface area contributed by atoms with E-state index in [1.54, 1.807) is 18.3 Å². The maximum absolute atomic E-state index is 17.5. The van der Waals surface area contributed by atoms with Crippen molar-refractivity contribution >= 4 is 39.7 Å². The number of halogens is 1. The molecule has 2 aromatic heterocycles. The first kappa shape index (κ1) is 34.9. The third kappa shape index (κ3) is 6.42. The zero-order chi connectivity index (χ0) is 37.0. The van der Waals surface area contributed by atoms with Gasteiger partial charge in [-0.25, -0.2) is 14.0 Å².